The first-order chi connectivity index (χ1) is 9.36. The molecule has 0 aliphatic rings. The SMILES string of the molecule is Cc1n[nH]c(C)c1S(=O)(=O)Nc1cccc(F)c1C#N. The van der Waals surface area contributed by atoms with Crippen LogP contribution in [0.25, 0.3) is 0 Å². The molecule has 0 aliphatic carbocycles. The van der Waals surface area contributed by atoms with Crippen LogP contribution < -0.4 is 4.72 Å². The molecule has 0 fully saturated rings. The Morgan fingerprint density at radius 2 is 2.10 bits per heavy atom. The summed E-state index contributed by atoms with van der Waals surface area (Å²) in [6, 6.07) is 5.37. The largest absolute Gasteiger partial charge is 0.281 e. The maximum atomic E-state index is 13.5. The van der Waals surface area contributed by atoms with Gasteiger partial charge in [0.15, 0.2) is 0 Å². The highest BCUT2D eigenvalue weighted by molar-refractivity contribution is 7.92. The van der Waals surface area contributed by atoms with E-state index in [2.05, 4.69) is 14.9 Å². The molecular weight excluding hydrogens is 283 g/mol. The molecule has 6 nitrogen and oxygen atoms in total. The van der Waals surface area contributed by atoms with E-state index in [4.69, 9.17) is 5.26 Å². The third kappa shape index (κ3) is 2.35. The number of aromatic nitrogens is 2. The molecule has 0 radical (unpaired) electrons. The highest BCUT2D eigenvalue weighted by atomic mass is 32.2. The second kappa shape index (κ2) is 4.94. The van der Waals surface area contributed by atoms with Gasteiger partial charge in [0.25, 0.3) is 10.0 Å². The van der Waals surface area contributed by atoms with Gasteiger partial charge in [0.05, 0.1) is 17.1 Å². The fraction of sp³-hybridized carbons (Fsp3) is 0.167. The van der Waals surface area contributed by atoms with Crippen molar-refractivity contribution in [3.63, 3.8) is 0 Å². The predicted octanol–water partition coefficient (Wildman–Crippen LogP) is 1.84. The fourth-order valence-corrected chi connectivity index (χ4v) is 3.30. The van der Waals surface area contributed by atoms with Crippen molar-refractivity contribution < 1.29 is 12.8 Å². The molecule has 0 aliphatic heterocycles. The molecular formula is C12H11FN4O2S. The van der Waals surface area contributed by atoms with Crippen LogP contribution in [-0.4, -0.2) is 18.6 Å². The van der Waals surface area contributed by atoms with Gasteiger partial charge in [-0.05, 0) is 26.0 Å². The first kappa shape index (κ1) is 14.0. The zero-order chi connectivity index (χ0) is 14.9. The summed E-state index contributed by atoms with van der Waals surface area (Å²) in [6.45, 7) is 3.10. The molecule has 2 rings (SSSR count). The summed E-state index contributed by atoms with van der Waals surface area (Å²) in [4.78, 5) is -0.00866. The van der Waals surface area contributed by atoms with Crippen molar-refractivity contribution in [2.24, 2.45) is 0 Å². The summed E-state index contributed by atoms with van der Waals surface area (Å²) in [6.07, 6.45) is 0. The van der Waals surface area contributed by atoms with Gasteiger partial charge >= 0.3 is 0 Å². The van der Waals surface area contributed by atoms with Gasteiger partial charge in [-0.2, -0.15) is 10.4 Å². The minimum atomic E-state index is -3.94. The molecule has 0 spiro atoms. The van der Waals surface area contributed by atoms with Crippen LogP contribution in [0, 0.1) is 31.0 Å². The van der Waals surface area contributed by atoms with E-state index in [0.717, 1.165) is 6.07 Å². The number of anilines is 1. The van der Waals surface area contributed by atoms with E-state index in [1.807, 2.05) is 0 Å². The van der Waals surface area contributed by atoms with Gasteiger partial charge in [-0.1, -0.05) is 6.07 Å². The van der Waals surface area contributed by atoms with Crippen molar-refractivity contribution in [1.29, 1.82) is 5.26 Å². The number of aromatic amines is 1. The van der Waals surface area contributed by atoms with Crippen LogP contribution >= 0.6 is 0 Å². The number of hydrogen-bond acceptors (Lipinski definition) is 4. The van der Waals surface area contributed by atoms with Gasteiger partial charge < -0.3 is 0 Å². The molecule has 2 N–H and O–H groups in total. The summed E-state index contributed by atoms with van der Waals surface area (Å²) in [7, 11) is -3.94. The van der Waals surface area contributed by atoms with Crippen LogP contribution in [0.2, 0.25) is 0 Å². The lowest BCUT2D eigenvalue weighted by molar-refractivity contribution is 0.600. The molecule has 1 aromatic heterocycles. The van der Waals surface area contributed by atoms with Crippen molar-refractivity contribution in [3.05, 3.63) is 41.0 Å². The molecule has 1 aromatic carbocycles. The van der Waals surface area contributed by atoms with Gasteiger partial charge in [0, 0.05) is 0 Å². The Hall–Kier alpha value is -2.40. The molecule has 20 heavy (non-hydrogen) atoms. The number of H-pyrrole nitrogens is 1. The van der Waals surface area contributed by atoms with Crippen molar-refractivity contribution in [3.8, 4) is 6.07 Å². The van der Waals surface area contributed by atoms with Gasteiger partial charge in [0.2, 0.25) is 0 Å². The minimum Gasteiger partial charge on any atom is -0.281 e. The molecule has 8 heteroatoms. The Morgan fingerprint density at radius 3 is 2.65 bits per heavy atom. The molecule has 104 valence electrons. The Labute approximate surface area is 115 Å². The van der Waals surface area contributed by atoms with Crippen LogP contribution in [0.5, 0.6) is 0 Å². The smallest absolute Gasteiger partial charge is 0.265 e. The summed E-state index contributed by atoms with van der Waals surface area (Å²) < 4.78 is 40.2. The maximum Gasteiger partial charge on any atom is 0.265 e. The average Bonchev–Trinajstić information content (AvgIpc) is 2.69. The molecule has 0 saturated heterocycles. The molecule has 0 bridgehead atoms. The van der Waals surface area contributed by atoms with Crippen LogP contribution in [0.4, 0.5) is 10.1 Å². The standard InChI is InChI=1S/C12H11FN4O2S/c1-7-12(8(2)16-15-7)20(18,19)17-11-5-3-4-10(13)9(11)6-14/h3-5,17H,1-2H3,(H,15,16). The van der Waals surface area contributed by atoms with E-state index in [0.29, 0.717) is 11.4 Å². The van der Waals surface area contributed by atoms with Gasteiger partial charge in [0.1, 0.15) is 22.3 Å². The fourth-order valence-electron chi connectivity index (χ4n) is 1.86. The lowest BCUT2D eigenvalue weighted by Gasteiger charge is -2.09. The third-order valence-corrected chi connectivity index (χ3v) is 4.33. The number of sulfonamides is 1. The predicted molar refractivity (Wildman–Crippen MR) is 70.0 cm³/mol. The van der Waals surface area contributed by atoms with Crippen molar-refractivity contribution >= 4 is 15.7 Å². The van der Waals surface area contributed by atoms with Gasteiger partial charge in [-0.3, -0.25) is 9.82 Å². The molecule has 0 atom stereocenters. The molecule has 0 amide bonds. The lowest BCUT2D eigenvalue weighted by Crippen LogP contribution is -2.15. The summed E-state index contributed by atoms with van der Waals surface area (Å²) in [5.41, 5.74) is 0.206. The monoisotopic (exact) mass is 294 g/mol. The van der Waals surface area contributed by atoms with E-state index < -0.39 is 15.8 Å². The molecule has 1 heterocycles. The molecule has 0 unspecified atom stereocenters. The Bertz CT molecular complexity index is 786. The van der Waals surface area contributed by atoms with Crippen LogP contribution in [0.3, 0.4) is 0 Å². The molecule has 0 saturated carbocycles. The van der Waals surface area contributed by atoms with E-state index in [1.165, 1.54) is 19.1 Å². The first-order valence-corrected chi connectivity index (χ1v) is 7.08. The lowest BCUT2D eigenvalue weighted by atomic mass is 10.2. The summed E-state index contributed by atoms with van der Waals surface area (Å²) >= 11 is 0. The first-order valence-electron chi connectivity index (χ1n) is 5.60. The number of nitrogens with zero attached hydrogens (tertiary/aromatic N) is 2. The van der Waals surface area contributed by atoms with Crippen LogP contribution in [0.15, 0.2) is 23.1 Å². The normalized spacial score (nSPS) is 11.1. The number of benzene rings is 1. The molecule has 2 aromatic rings. The van der Waals surface area contributed by atoms with Crippen molar-refractivity contribution in [2.75, 3.05) is 4.72 Å². The highest BCUT2D eigenvalue weighted by Gasteiger charge is 2.23. The average molecular weight is 294 g/mol. The van der Waals surface area contributed by atoms with Crippen molar-refractivity contribution in [1.82, 2.24) is 10.2 Å². The van der Waals surface area contributed by atoms with Gasteiger partial charge in [-0.25, -0.2) is 12.8 Å². The van der Waals surface area contributed by atoms with E-state index in [-0.39, 0.29) is 16.1 Å². The van der Waals surface area contributed by atoms with E-state index >= 15 is 0 Å². The van der Waals surface area contributed by atoms with E-state index in [9.17, 15) is 12.8 Å². The second-order valence-electron chi connectivity index (χ2n) is 4.14. The number of nitriles is 1. The Morgan fingerprint density at radius 1 is 1.40 bits per heavy atom. The summed E-state index contributed by atoms with van der Waals surface area (Å²) in [5, 5.41) is 15.3. The highest BCUT2D eigenvalue weighted by Crippen LogP contribution is 2.24. The van der Waals surface area contributed by atoms with E-state index in [1.54, 1.807) is 13.0 Å². The Balaban J connectivity index is 2.50. The zero-order valence-electron chi connectivity index (χ0n) is 10.7. The van der Waals surface area contributed by atoms with Gasteiger partial charge in [-0.15, -0.1) is 0 Å². The summed E-state index contributed by atoms with van der Waals surface area (Å²) in [5.74, 6) is -0.784. The number of nitrogens with one attached hydrogen (secondary N) is 2. The van der Waals surface area contributed by atoms with Crippen LogP contribution in [0.1, 0.15) is 17.0 Å². The van der Waals surface area contributed by atoms with Crippen LogP contribution in [-0.2, 0) is 10.0 Å². The number of halogens is 1. The van der Waals surface area contributed by atoms with Crippen molar-refractivity contribution in [2.45, 2.75) is 18.7 Å². The topological polar surface area (TPSA) is 98.6 Å². The zero-order valence-corrected chi connectivity index (χ0v) is 11.5. The number of aryl methyl sites for hydroxylation is 2. The minimum absolute atomic E-state index is 0.00866. The maximum absolute atomic E-state index is 13.5. The quantitative estimate of drug-likeness (QED) is 0.902. The second-order valence-corrected chi connectivity index (χ2v) is 5.76. The number of hydrogen-bond donors (Lipinski definition) is 2. The Kier molecular flexibility index (Phi) is 3.46. The number of rotatable bonds is 3. The third-order valence-electron chi connectivity index (χ3n) is 2.70.